The van der Waals surface area contributed by atoms with Crippen molar-refractivity contribution in [2.24, 2.45) is 0 Å². The molecule has 1 aliphatic heterocycles. The molecule has 41 heavy (non-hydrogen) atoms. The zero-order chi connectivity index (χ0) is 29.8. The number of ether oxygens (including phenoxy) is 1. The average molecular weight is 569 g/mol. The third kappa shape index (κ3) is 7.66. The predicted octanol–water partition coefficient (Wildman–Crippen LogP) is 7.08. The van der Waals surface area contributed by atoms with Gasteiger partial charge in [-0.1, -0.05) is 92.2 Å². The molecule has 2 saturated carbocycles. The van der Waals surface area contributed by atoms with E-state index in [1.54, 1.807) is 0 Å². The molecular weight excluding hydrogens is 512 g/mol. The maximum Gasteiger partial charge on any atom is 0.246 e. The molecule has 1 aromatic carbocycles. The maximum atomic E-state index is 14.3. The normalized spacial score (nSPS) is 22.0. The Morgan fingerprint density at radius 3 is 2.02 bits per heavy atom. The first-order valence-corrected chi connectivity index (χ1v) is 16.4. The van der Waals surface area contributed by atoms with E-state index in [4.69, 9.17) is 4.74 Å². The van der Waals surface area contributed by atoms with Crippen LogP contribution in [0.2, 0.25) is 0 Å². The number of amides is 2. The molecule has 3 aliphatic rings. The van der Waals surface area contributed by atoms with Crippen molar-refractivity contribution in [3.63, 3.8) is 0 Å². The summed E-state index contributed by atoms with van der Waals surface area (Å²) in [5.74, 6) is 0.467. The van der Waals surface area contributed by atoms with Crippen LogP contribution in [0.4, 0.5) is 0 Å². The van der Waals surface area contributed by atoms with Crippen LogP contribution in [0.5, 0.6) is 5.75 Å². The van der Waals surface area contributed by atoms with E-state index in [1.807, 2.05) is 4.90 Å². The van der Waals surface area contributed by atoms with Crippen molar-refractivity contribution < 1.29 is 19.4 Å². The zero-order valence-electron chi connectivity index (χ0n) is 26.7. The Morgan fingerprint density at radius 1 is 0.902 bits per heavy atom. The number of carbonyl (C=O) groups is 2. The topological polar surface area (TPSA) is 78.9 Å². The summed E-state index contributed by atoms with van der Waals surface area (Å²) in [4.78, 5) is 30.4. The van der Waals surface area contributed by atoms with Gasteiger partial charge in [-0.25, -0.2) is 0 Å². The minimum atomic E-state index is -0.791. The Bertz CT molecular complexity index is 1010. The number of aryl methyl sites for hydroxylation is 1. The van der Waals surface area contributed by atoms with Crippen LogP contribution in [-0.4, -0.2) is 52.7 Å². The van der Waals surface area contributed by atoms with Gasteiger partial charge in [0.15, 0.2) is 0 Å². The lowest BCUT2D eigenvalue weighted by atomic mass is 9.77. The van der Waals surface area contributed by atoms with Gasteiger partial charge in [0.25, 0.3) is 0 Å². The fraction of sp³-hybridized carbons (Fsp3) is 0.771. The zero-order valence-corrected chi connectivity index (χ0v) is 26.7. The molecule has 0 spiro atoms. The van der Waals surface area contributed by atoms with Gasteiger partial charge in [0, 0.05) is 25.6 Å². The summed E-state index contributed by atoms with van der Waals surface area (Å²) < 4.78 is 6.03. The summed E-state index contributed by atoms with van der Waals surface area (Å²) in [6.07, 6.45) is 13.0. The van der Waals surface area contributed by atoms with Crippen LogP contribution >= 0.6 is 0 Å². The lowest BCUT2D eigenvalue weighted by molar-refractivity contribution is -0.153. The lowest BCUT2D eigenvalue weighted by Crippen LogP contribution is -2.64. The predicted molar refractivity (Wildman–Crippen MR) is 165 cm³/mol. The third-order valence-electron chi connectivity index (χ3n) is 9.68. The van der Waals surface area contributed by atoms with Crippen molar-refractivity contribution in [1.82, 2.24) is 10.2 Å². The molecule has 1 atom stereocenters. The fourth-order valence-corrected chi connectivity index (χ4v) is 7.20. The van der Waals surface area contributed by atoms with Gasteiger partial charge < -0.3 is 20.1 Å². The minimum Gasteiger partial charge on any atom is -0.507 e. The van der Waals surface area contributed by atoms with E-state index in [1.165, 1.54) is 6.42 Å². The third-order valence-corrected chi connectivity index (χ3v) is 9.68. The number of hydrogen-bond donors (Lipinski definition) is 2. The number of hydrogen-bond acceptors (Lipinski definition) is 4. The number of phenolic OH excluding ortho intramolecular Hbond substituents is 1. The molecule has 3 fully saturated rings. The first-order valence-electron chi connectivity index (χ1n) is 16.4. The molecule has 1 aromatic rings. The van der Waals surface area contributed by atoms with E-state index < -0.39 is 5.54 Å². The minimum absolute atomic E-state index is 0.00566. The summed E-state index contributed by atoms with van der Waals surface area (Å²) in [5.41, 5.74) is 1.66. The van der Waals surface area contributed by atoms with Gasteiger partial charge >= 0.3 is 0 Å². The number of nitrogens with zero attached hydrogens (tertiary/aromatic N) is 1. The smallest absolute Gasteiger partial charge is 0.246 e. The highest BCUT2D eigenvalue weighted by molar-refractivity contribution is 5.92. The second-order valence-electron chi connectivity index (χ2n) is 15.1. The average Bonchev–Trinajstić information content (AvgIpc) is 3.44. The largest absolute Gasteiger partial charge is 0.507 e. The summed E-state index contributed by atoms with van der Waals surface area (Å²) in [6.45, 7) is 13.9. The quantitative estimate of drug-likeness (QED) is 0.351. The van der Waals surface area contributed by atoms with Gasteiger partial charge in [0.2, 0.25) is 11.8 Å². The van der Waals surface area contributed by atoms with E-state index in [0.29, 0.717) is 25.1 Å². The van der Waals surface area contributed by atoms with Crippen LogP contribution in [0, 0.1) is 0 Å². The Hall–Kier alpha value is -2.08. The van der Waals surface area contributed by atoms with Crippen LogP contribution < -0.4 is 5.32 Å². The van der Waals surface area contributed by atoms with E-state index in [-0.39, 0.29) is 34.8 Å². The molecule has 230 valence electrons. The van der Waals surface area contributed by atoms with E-state index in [9.17, 15) is 14.7 Å². The highest BCUT2D eigenvalue weighted by Gasteiger charge is 2.48. The number of nitrogens with one attached hydrogen (secondary N) is 1. The molecule has 6 heteroatoms. The molecule has 2 N–H and O–H groups in total. The van der Waals surface area contributed by atoms with Crippen molar-refractivity contribution in [1.29, 1.82) is 0 Å². The molecular formula is C35H56N2O4. The SMILES string of the molecule is CC(C)(C)c1cc(CCC(=O)N(C[C@H]2CCCO2)C2(C(=O)NC3CCCCC3)CCCCC2)cc(C(C)(C)C)c1O. The Labute approximate surface area is 249 Å². The lowest BCUT2D eigenvalue weighted by Gasteiger charge is -2.46. The molecule has 4 rings (SSSR count). The van der Waals surface area contributed by atoms with Crippen LogP contribution in [0.3, 0.4) is 0 Å². The number of carbonyl (C=O) groups excluding carboxylic acids is 2. The van der Waals surface area contributed by atoms with Crippen LogP contribution in [0.25, 0.3) is 0 Å². The standard InChI is InChI=1S/C35H56N2O4/c1-33(2,3)28-22-25(23-29(31(28)39)34(4,5)6)17-18-30(38)37(24-27-16-13-21-41-27)35(19-11-8-12-20-35)32(40)36-26-14-9-7-10-15-26/h22-23,26-27,39H,7-21,24H2,1-6H3,(H,36,40)/t27-/m1/s1. The van der Waals surface area contributed by atoms with Gasteiger partial charge in [-0.05, 0) is 72.5 Å². The van der Waals surface area contributed by atoms with Crippen LogP contribution in [0.1, 0.15) is 142 Å². The molecule has 0 unspecified atom stereocenters. The molecule has 2 amide bonds. The van der Waals surface area contributed by atoms with Crippen LogP contribution in [0.15, 0.2) is 12.1 Å². The summed E-state index contributed by atoms with van der Waals surface area (Å²) >= 11 is 0. The molecule has 1 heterocycles. The summed E-state index contributed by atoms with van der Waals surface area (Å²) in [6, 6.07) is 4.38. The number of benzene rings is 1. The Balaban J connectivity index is 1.61. The number of aromatic hydroxyl groups is 1. The molecule has 0 aromatic heterocycles. The first-order chi connectivity index (χ1) is 19.3. The Morgan fingerprint density at radius 2 is 1.49 bits per heavy atom. The Kier molecular flexibility index (Phi) is 10.1. The van der Waals surface area contributed by atoms with Gasteiger partial charge in [-0.15, -0.1) is 0 Å². The monoisotopic (exact) mass is 568 g/mol. The van der Waals surface area contributed by atoms with E-state index >= 15 is 0 Å². The van der Waals surface area contributed by atoms with Crippen LogP contribution in [-0.2, 0) is 31.6 Å². The number of rotatable bonds is 8. The van der Waals surface area contributed by atoms with Gasteiger partial charge in [0.05, 0.1) is 6.10 Å². The highest BCUT2D eigenvalue weighted by Crippen LogP contribution is 2.41. The highest BCUT2D eigenvalue weighted by atomic mass is 16.5. The van der Waals surface area contributed by atoms with Crippen molar-refractivity contribution >= 4 is 11.8 Å². The molecule has 6 nitrogen and oxygen atoms in total. The molecule has 1 saturated heterocycles. The number of phenols is 1. The van der Waals surface area contributed by atoms with Crippen molar-refractivity contribution in [3.05, 3.63) is 28.8 Å². The van der Waals surface area contributed by atoms with Crippen molar-refractivity contribution in [3.8, 4) is 5.75 Å². The molecule has 0 bridgehead atoms. The van der Waals surface area contributed by atoms with E-state index in [2.05, 4.69) is 59.0 Å². The second-order valence-corrected chi connectivity index (χ2v) is 15.1. The van der Waals surface area contributed by atoms with Gasteiger partial charge in [0.1, 0.15) is 11.3 Å². The van der Waals surface area contributed by atoms with Gasteiger partial charge in [-0.2, -0.15) is 0 Å². The van der Waals surface area contributed by atoms with E-state index in [0.717, 1.165) is 93.9 Å². The van der Waals surface area contributed by atoms with Crippen molar-refractivity contribution in [2.45, 2.75) is 160 Å². The first kappa shape index (κ1) is 31.8. The van der Waals surface area contributed by atoms with Crippen molar-refractivity contribution in [2.75, 3.05) is 13.2 Å². The summed E-state index contributed by atoms with van der Waals surface area (Å²) in [7, 11) is 0. The molecule has 0 radical (unpaired) electrons. The fourth-order valence-electron chi connectivity index (χ4n) is 7.20. The van der Waals surface area contributed by atoms with Gasteiger partial charge in [-0.3, -0.25) is 9.59 Å². The second kappa shape index (κ2) is 13.1. The maximum absolute atomic E-state index is 14.3. The summed E-state index contributed by atoms with van der Waals surface area (Å²) in [5, 5.41) is 14.6. The molecule has 2 aliphatic carbocycles.